The van der Waals surface area contributed by atoms with Crippen molar-refractivity contribution in [2.45, 2.75) is 6.61 Å². The molecule has 0 aliphatic rings. The Labute approximate surface area is 122 Å². The van der Waals surface area contributed by atoms with E-state index in [1.165, 1.54) is 0 Å². The molecule has 0 heterocycles. The van der Waals surface area contributed by atoms with Gasteiger partial charge >= 0.3 is 0 Å². The summed E-state index contributed by atoms with van der Waals surface area (Å²) in [5, 5.41) is 0. The zero-order chi connectivity index (χ0) is 13.0. The summed E-state index contributed by atoms with van der Waals surface area (Å²) >= 11 is 6.76. The van der Waals surface area contributed by atoms with E-state index in [2.05, 4.69) is 31.9 Å². The van der Waals surface area contributed by atoms with Crippen molar-refractivity contribution in [2.75, 3.05) is 0 Å². The number of carbonyl (C=O) groups is 1. The van der Waals surface area contributed by atoms with E-state index in [1.807, 2.05) is 30.3 Å². The van der Waals surface area contributed by atoms with Crippen LogP contribution in [-0.4, -0.2) is 6.29 Å². The van der Waals surface area contributed by atoms with E-state index in [9.17, 15) is 4.79 Å². The summed E-state index contributed by atoms with van der Waals surface area (Å²) in [5.74, 6) is 0.579. The largest absolute Gasteiger partial charge is 0.487 e. The summed E-state index contributed by atoms with van der Waals surface area (Å²) in [4.78, 5) is 10.9. The number of benzene rings is 2. The Balaban J connectivity index is 2.15. The van der Waals surface area contributed by atoms with E-state index < -0.39 is 0 Å². The Kier molecular flexibility index (Phi) is 4.55. The van der Waals surface area contributed by atoms with Gasteiger partial charge in [0, 0.05) is 4.47 Å². The molecule has 4 heteroatoms. The summed E-state index contributed by atoms with van der Waals surface area (Å²) in [6.45, 7) is 0.427. The molecule has 0 fully saturated rings. The highest BCUT2D eigenvalue weighted by atomic mass is 79.9. The highest BCUT2D eigenvalue weighted by Crippen LogP contribution is 2.28. The van der Waals surface area contributed by atoms with Crippen LogP contribution >= 0.6 is 31.9 Å². The lowest BCUT2D eigenvalue weighted by Crippen LogP contribution is -1.99. The molecule has 0 aliphatic heterocycles. The summed E-state index contributed by atoms with van der Waals surface area (Å²) in [7, 11) is 0. The molecule has 0 atom stereocenters. The highest BCUT2D eigenvalue weighted by molar-refractivity contribution is 9.10. The molecule has 0 saturated heterocycles. The Morgan fingerprint density at radius 3 is 2.44 bits per heavy atom. The van der Waals surface area contributed by atoms with Crippen LogP contribution in [0.4, 0.5) is 0 Å². The van der Waals surface area contributed by atoms with Crippen LogP contribution in [0, 0.1) is 0 Å². The predicted molar refractivity (Wildman–Crippen MR) is 78.0 cm³/mol. The number of ether oxygens (including phenoxy) is 1. The van der Waals surface area contributed by atoms with Crippen LogP contribution in [0.3, 0.4) is 0 Å². The molecule has 0 radical (unpaired) electrons. The van der Waals surface area contributed by atoms with Gasteiger partial charge in [-0.25, -0.2) is 0 Å². The van der Waals surface area contributed by atoms with Gasteiger partial charge in [0.15, 0.2) is 6.29 Å². The molecule has 0 aromatic heterocycles. The molecular formula is C14H10Br2O2. The van der Waals surface area contributed by atoms with E-state index in [1.54, 1.807) is 12.1 Å². The topological polar surface area (TPSA) is 26.3 Å². The van der Waals surface area contributed by atoms with Gasteiger partial charge in [-0.15, -0.1) is 0 Å². The number of hydrogen-bond donors (Lipinski definition) is 0. The van der Waals surface area contributed by atoms with Crippen LogP contribution in [0.2, 0.25) is 0 Å². The number of halogens is 2. The molecule has 0 aliphatic carbocycles. The number of para-hydroxylation sites is 1. The van der Waals surface area contributed by atoms with Gasteiger partial charge in [-0.3, -0.25) is 4.79 Å². The van der Waals surface area contributed by atoms with Crippen molar-refractivity contribution in [3.05, 3.63) is 62.5 Å². The smallest absolute Gasteiger partial charge is 0.153 e. The first-order chi connectivity index (χ1) is 8.70. The standard InChI is InChI=1S/C14H10Br2O2/c15-12-6-4-10(5-7-12)9-18-14-11(8-17)2-1-3-13(14)16/h1-8H,9H2. The van der Waals surface area contributed by atoms with Gasteiger partial charge in [-0.05, 0) is 45.8 Å². The number of aldehydes is 1. The van der Waals surface area contributed by atoms with E-state index in [-0.39, 0.29) is 0 Å². The fourth-order valence-corrected chi connectivity index (χ4v) is 2.27. The van der Waals surface area contributed by atoms with Gasteiger partial charge in [0.2, 0.25) is 0 Å². The molecule has 0 unspecified atom stereocenters. The minimum absolute atomic E-state index is 0.427. The van der Waals surface area contributed by atoms with Crippen LogP contribution < -0.4 is 4.74 Å². The Morgan fingerprint density at radius 1 is 1.06 bits per heavy atom. The molecule has 92 valence electrons. The maximum atomic E-state index is 10.9. The lowest BCUT2D eigenvalue weighted by Gasteiger charge is -2.10. The zero-order valence-electron chi connectivity index (χ0n) is 9.40. The Hall–Kier alpha value is -1.13. The van der Waals surface area contributed by atoms with E-state index >= 15 is 0 Å². The third-order valence-corrected chi connectivity index (χ3v) is 3.57. The molecule has 2 nitrogen and oxygen atoms in total. The molecule has 2 aromatic carbocycles. The van der Waals surface area contributed by atoms with Crippen molar-refractivity contribution >= 4 is 38.1 Å². The van der Waals surface area contributed by atoms with Gasteiger partial charge < -0.3 is 4.74 Å². The Bertz CT molecular complexity index is 550. The maximum absolute atomic E-state index is 10.9. The third-order valence-electron chi connectivity index (χ3n) is 2.42. The summed E-state index contributed by atoms with van der Waals surface area (Å²) in [6, 6.07) is 13.3. The van der Waals surface area contributed by atoms with Crippen LogP contribution in [-0.2, 0) is 6.61 Å². The van der Waals surface area contributed by atoms with E-state index in [0.29, 0.717) is 17.9 Å². The second-order valence-electron chi connectivity index (χ2n) is 3.69. The third kappa shape index (κ3) is 3.21. The summed E-state index contributed by atoms with van der Waals surface area (Å²) in [5.41, 5.74) is 1.59. The van der Waals surface area contributed by atoms with Gasteiger partial charge in [0.1, 0.15) is 12.4 Å². The van der Waals surface area contributed by atoms with Gasteiger partial charge in [0.25, 0.3) is 0 Å². The number of hydrogen-bond acceptors (Lipinski definition) is 2. The van der Waals surface area contributed by atoms with Crippen LogP contribution in [0.15, 0.2) is 51.4 Å². The van der Waals surface area contributed by atoms with Crippen molar-refractivity contribution in [3.8, 4) is 5.75 Å². The lowest BCUT2D eigenvalue weighted by atomic mass is 10.2. The molecule has 18 heavy (non-hydrogen) atoms. The summed E-state index contributed by atoms with van der Waals surface area (Å²) < 4.78 is 7.50. The van der Waals surface area contributed by atoms with Crippen LogP contribution in [0.1, 0.15) is 15.9 Å². The second kappa shape index (κ2) is 6.16. The van der Waals surface area contributed by atoms with Gasteiger partial charge in [-0.1, -0.05) is 34.1 Å². The SMILES string of the molecule is O=Cc1cccc(Br)c1OCc1ccc(Br)cc1. The fourth-order valence-electron chi connectivity index (χ4n) is 1.51. The maximum Gasteiger partial charge on any atom is 0.153 e. The highest BCUT2D eigenvalue weighted by Gasteiger charge is 2.07. The lowest BCUT2D eigenvalue weighted by molar-refractivity contribution is 0.111. The van der Waals surface area contributed by atoms with Crippen molar-refractivity contribution in [3.63, 3.8) is 0 Å². The molecule has 0 bridgehead atoms. The molecular weight excluding hydrogens is 360 g/mol. The van der Waals surface area contributed by atoms with Crippen molar-refractivity contribution < 1.29 is 9.53 Å². The molecule has 2 aromatic rings. The van der Waals surface area contributed by atoms with Crippen LogP contribution in [0.25, 0.3) is 0 Å². The van der Waals surface area contributed by atoms with E-state index in [0.717, 1.165) is 20.8 Å². The molecule has 0 N–H and O–H groups in total. The predicted octanol–water partition coefficient (Wildman–Crippen LogP) is 4.60. The minimum atomic E-state index is 0.427. The average Bonchev–Trinajstić information content (AvgIpc) is 2.39. The molecule has 0 saturated carbocycles. The molecule has 0 spiro atoms. The quantitative estimate of drug-likeness (QED) is 0.736. The normalized spacial score (nSPS) is 10.1. The molecule has 2 rings (SSSR count). The van der Waals surface area contributed by atoms with Crippen molar-refractivity contribution in [2.24, 2.45) is 0 Å². The summed E-state index contributed by atoms with van der Waals surface area (Å²) in [6.07, 6.45) is 0.793. The fraction of sp³-hybridized carbons (Fsp3) is 0.0714. The minimum Gasteiger partial charge on any atom is -0.487 e. The van der Waals surface area contributed by atoms with Crippen LogP contribution in [0.5, 0.6) is 5.75 Å². The first-order valence-corrected chi connectivity index (χ1v) is 6.90. The van der Waals surface area contributed by atoms with Crippen molar-refractivity contribution in [1.29, 1.82) is 0 Å². The number of rotatable bonds is 4. The second-order valence-corrected chi connectivity index (χ2v) is 5.46. The van der Waals surface area contributed by atoms with Crippen molar-refractivity contribution in [1.82, 2.24) is 0 Å². The first-order valence-electron chi connectivity index (χ1n) is 5.31. The number of carbonyl (C=O) groups excluding carboxylic acids is 1. The Morgan fingerprint density at radius 2 is 1.78 bits per heavy atom. The van der Waals surface area contributed by atoms with E-state index in [4.69, 9.17) is 4.74 Å². The first kappa shape index (κ1) is 13.3. The average molecular weight is 370 g/mol. The monoisotopic (exact) mass is 368 g/mol. The molecule has 0 amide bonds. The van der Waals surface area contributed by atoms with Gasteiger partial charge in [-0.2, -0.15) is 0 Å². The van der Waals surface area contributed by atoms with Gasteiger partial charge in [0.05, 0.1) is 10.0 Å². The zero-order valence-corrected chi connectivity index (χ0v) is 12.6.